The van der Waals surface area contributed by atoms with Crippen LogP contribution in [0.4, 0.5) is 0 Å². The van der Waals surface area contributed by atoms with Crippen molar-refractivity contribution in [1.29, 1.82) is 0 Å². The molecule has 1 amide bonds. The van der Waals surface area contributed by atoms with E-state index < -0.39 is 11.5 Å². The molecule has 5 heteroatoms. The van der Waals surface area contributed by atoms with Gasteiger partial charge in [-0.05, 0) is 46.6 Å². The van der Waals surface area contributed by atoms with Crippen LogP contribution in [0.1, 0.15) is 15.9 Å². The molecule has 88 valence electrons. The molecule has 1 heterocycles. The van der Waals surface area contributed by atoms with Gasteiger partial charge in [0.25, 0.3) is 5.91 Å². The molecule has 0 saturated heterocycles. The predicted molar refractivity (Wildman–Crippen MR) is 68.3 cm³/mol. The number of halogens is 1. The first kappa shape index (κ1) is 11.9. The standard InChI is InChI=1S/C12H10BrNO3/c1-6-3-7-5-8(11(15)14-2)12(16)17-10(7)9(13)4-6/h3-5H,1-2H3,(H,14,15). The van der Waals surface area contributed by atoms with Crippen LogP contribution in [0.2, 0.25) is 0 Å². The highest BCUT2D eigenvalue weighted by atomic mass is 79.9. The van der Waals surface area contributed by atoms with Gasteiger partial charge in [0, 0.05) is 12.4 Å². The molecule has 2 rings (SSSR count). The van der Waals surface area contributed by atoms with Gasteiger partial charge in [-0.15, -0.1) is 0 Å². The number of hydrogen-bond acceptors (Lipinski definition) is 3. The topological polar surface area (TPSA) is 59.3 Å². The maximum Gasteiger partial charge on any atom is 0.349 e. The lowest BCUT2D eigenvalue weighted by atomic mass is 10.1. The highest BCUT2D eigenvalue weighted by Crippen LogP contribution is 2.25. The van der Waals surface area contributed by atoms with E-state index in [1.165, 1.54) is 13.1 Å². The smallest absolute Gasteiger partial charge is 0.349 e. The lowest BCUT2D eigenvalue weighted by Gasteiger charge is -2.04. The van der Waals surface area contributed by atoms with Crippen LogP contribution >= 0.6 is 15.9 Å². The van der Waals surface area contributed by atoms with Gasteiger partial charge in [-0.3, -0.25) is 4.79 Å². The summed E-state index contributed by atoms with van der Waals surface area (Å²) in [6.07, 6.45) is 0. The normalized spacial score (nSPS) is 10.5. The minimum absolute atomic E-state index is 0.0116. The van der Waals surface area contributed by atoms with E-state index in [2.05, 4.69) is 21.2 Å². The van der Waals surface area contributed by atoms with Gasteiger partial charge in [-0.25, -0.2) is 4.79 Å². The molecule has 0 fully saturated rings. The van der Waals surface area contributed by atoms with Gasteiger partial charge in [0.1, 0.15) is 5.56 Å². The number of fused-ring (bicyclic) bond motifs is 1. The molecule has 2 aromatic rings. The summed E-state index contributed by atoms with van der Waals surface area (Å²) < 4.78 is 5.84. The van der Waals surface area contributed by atoms with Crippen LogP contribution in [-0.4, -0.2) is 13.0 Å². The molecule has 0 aliphatic rings. The number of nitrogens with one attached hydrogen (secondary N) is 1. The predicted octanol–water partition coefficient (Wildman–Crippen LogP) is 2.22. The van der Waals surface area contributed by atoms with Crippen LogP contribution in [0.15, 0.2) is 31.9 Å². The fourth-order valence-electron chi connectivity index (χ4n) is 1.63. The van der Waals surface area contributed by atoms with Crippen LogP contribution in [0.3, 0.4) is 0 Å². The van der Waals surface area contributed by atoms with Crippen LogP contribution < -0.4 is 10.9 Å². The van der Waals surface area contributed by atoms with E-state index in [9.17, 15) is 9.59 Å². The van der Waals surface area contributed by atoms with Crippen LogP contribution in [0.5, 0.6) is 0 Å². The summed E-state index contributed by atoms with van der Waals surface area (Å²) in [6, 6.07) is 5.25. The quantitative estimate of drug-likeness (QED) is 0.821. The first-order chi connectivity index (χ1) is 8.02. The van der Waals surface area contributed by atoms with E-state index in [4.69, 9.17) is 4.42 Å². The van der Waals surface area contributed by atoms with E-state index in [0.717, 1.165) is 10.9 Å². The lowest BCUT2D eigenvalue weighted by Crippen LogP contribution is -2.24. The van der Waals surface area contributed by atoms with Gasteiger partial charge < -0.3 is 9.73 Å². The molecule has 1 aromatic carbocycles. The lowest BCUT2D eigenvalue weighted by molar-refractivity contribution is 0.0959. The van der Waals surface area contributed by atoms with E-state index in [0.29, 0.717) is 10.1 Å². The fourth-order valence-corrected chi connectivity index (χ4v) is 2.30. The zero-order valence-corrected chi connectivity index (χ0v) is 10.9. The number of aryl methyl sites for hydroxylation is 1. The van der Waals surface area contributed by atoms with E-state index in [-0.39, 0.29) is 5.56 Å². The van der Waals surface area contributed by atoms with Gasteiger partial charge in [0.15, 0.2) is 5.58 Å². The summed E-state index contributed by atoms with van der Waals surface area (Å²) in [4.78, 5) is 23.1. The highest BCUT2D eigenvalue weighted by Gasteiger charge is 2.13. The Kier molecular flexibility index (Phi) is 3.02. The zero-order valence-electron chi connectivity index (χ0n) is 9.33. The minimum atomic E-state index is -0.638. The van der Waals surface area contributed by atoms with Crippen molar-refractivity contribution in [2.45, 2.75) is 6.92 Å². The van der Waals surface area contributed by atoms with E-state index in [1.807, 2.05) is 19.1 Å². The van der Waals surface area contributed by atoms with E-state index in [1.54, 1.807) is 0 Å². The highest BCUT2D eigenvalue weighted by molar-refractivity contribution is 9.10. The Morgan fingerprint density at radius 1 is 1.35 bits per heavy atom. The fraction of sp³-hybridized carbons (Fsp3) is 0.167. The second kappa shape index (κ2) is 4.33. The molecule has 1 N–H and O–H groups in total. The summed E-state index contributed by atoms with van der Waals surface area (Å²) in [6.45, 7) is 1.93. The molecule has 0 unspecified atom stereocenters. The Bertz CT molecular complexity index is 661. The Labute approximate surface area is 106 Å². The molecule has 0 radical (unpaired) electrons. The third-order valence-corrected chi connectivity index (χ3v) is 2.99. The van der Waals surface area contributed by atoms with Crippen molar-refractivity contribution in [3.63, 3.8) is 0 Å². The van der Waals surface area contributed by atoms with Crippen molar-refractivity contribution in [2.75, 3.05) is 7.05 Å². The number of carbonyl (C=O) groups is 1. The van der Waals surface area contributed by atoms with E-state index >= 15 is 0 Å². The third kappa shape index (κ3) is 2.10. The first-order valence-corrected chi connectivity index (χ1v) is 5.78. The van der Waals surface area contributed by atoms with Gasteiger partial charge in [0.2, 0.25) is 0 Å². The molecule has 0 bridgehead atoms. The molecule has 4 nitrogen and oxygen atoms in total. The monoisotopic (exact) mass is 295 g/mol. The zero-order chi connectivity index (χ0) is 12.6. The molecule has 0 spiro atoms. The maximum absolute atomic E-state index is 11.6. The molecule has 0 atom stereocenters. The SMILES string of the molecule is CNC(=O)c1cc2cc(C)cc(Br)c2oc1=O. The maximum atomic E-state index is 11.6. The Hall–Kier alpha value is -1.62. The second-order valence-corrected chi connectivity index (χ2v) is 4.55. The number of benzene rings is 1. The van der Waals surface area contributed by atoms with Crippen molar-refractivity contribution >= 4 is 32.8 Å². The summed E-state index contributed by atoms with van der Waals surface area (Å²) in [7, 11) is 1.47. The molecular formula is C12H10BrNO3. The minimum Gasteiger partial charge on any atom is -0.421 e. The molecule has 17 heavy (non-hydrogen) atoms. The van der Waals surface area contributed by atoms with Crippen LogP contribution in [-0.2, 0) is 0 Å². The van der Waals surface area contributed by atoms with Crippen molar-refractivity contribution in [2.24, 2.45) is 0 Å². The molecular weight excluding hydrogens is 286 g/mol. The second-order valence-electron chi connectivity index (χ2n) is 3.69. The van der Waals surface area contributed by atoms with Crippen molar-refractivity contribution < 1.29 is 9.21 Å². The Balaban J connectivity index is 2.81. The average molecular weight is 296 g/mol. The average Bonchev–Trinajstić information content (AvgIpc) is 2.28. The van der Waals surface area contributed by atoms with Crippen molar-refractivity contribution in [3.8, 4) is 0 Å². The summed E-state index contributed by atoms with van der Waals surface area (Å²) >= 11 is 3.33. The first-order valence-electron chi connectivity index (χ1n) is 4.99. The van der Waals surface area contributed by atoms with Crippen LogP contribution in [0, 0.1) is 6.92 Å². The largest absolute Gasteiger partial charge is 0.421 e. The van der Waals surface area contributed by atoms with Gasteiger partial charge in [0.05, 0.1) is 4.47 Å². The Morgan fingerprint density at radius 3 is 2.71 bits per heavy atom. The van der Waals surface area contributed by atoms with Gasteiger partial charge in [-0.1, -0.05) is 0 Å². The summed E-state index contributed by atoms with van der Waals surface area (Å²) in [5.41, 5.74) is 0.841. The molecule has 0 aliphatic carbocycles. The Morgan fingerprint density at radius 2 is 2.06 bits per heavy atom. The van der Waals surface area contributed by atoms with Gasteiger partial charge in [-0.2, -0.15) is 0 Å². The third-order valence-electron chi connectivity index (χ3n) is 2.40. The number of hydrogen-bond donors (Lipinski definition) is 1. The summed E-state index contributed by atoms with van der Waals surface area (Å²) in [5, 5.41) is 3.12. The number of amides is 1. The number of carbonyl (C=O) groups excluding carboxylic acids is 1. The van der Waals surface area contributed by atoms with Gasteiger partial charge >= 0.3 is 5.63 Å². The number of rotatable bonds is 1. The van der Waals surface area contributed by atoms with Crippen molar-refractivity contribution in [3.05, 3.63) is 44.2 Å². The van der Waals surface area contributed by atoms with Crippen molar-refractivity contribution in [1.82, 2.24) is 5.32 Å². The molecule has 1 aromatic heterocycles. The molecule has 0 aliphatic heterocycles. The summed E-state index contributed by atoms with van der Waals surface area (Å²) in [5.74, 6) is -0.446. The van der Waals surface area contributed by atoms with Crippen LogP contribution in [0.25, 0.3) is 11.0 Å². The molecule has 0 saturated carbocycles.